The molecule has 6 heteroatoms. The van der Waals surface area contributed by atoms with Crippen molar-refractivity contribution in [2.75, 3.05) is 19.6 Å². The molecule has 1 aliphatic heterocycles. The third-order valence-electron chi connectivity index (χ3n) is 2.63. The van der Waals surface area contributed by atoms with Crippen LogP contribution in [0.5, 0.6) is 0 Å². The Morgan fingerprint density at radius 1 is 1.62 bits per heavy atom. The van der Waals surface area contributed by atoms with Gasteiger partial charge in [0.05, 0.1) is 6.10 Å². The molecule has 5 nitrogen and oxygen atoms in total. The number of hydrogen-bond acceptors (Lipinski definition) is 4. The maximum absolute atomic E-state index is 11.6. The highest BCUT2D eigenvalue weighted by molar-refractivity contribution is 6.29. The average Bonchev–Trinajstić information content (AvgIpc) is 2.84. The van der Waals surface area contributed by atoms with Gasteiger partial charge in [0, 0.05) is 25.6 Å². The predicted octanol–water partition coefficient (Wildman–Crippen LogP) is 0.243. The van der Waals surface area contributed by atoms with Gasteiger partial charge in [0.1, 0.15) is 0 Å². The molecule has 0 spiro atoms. The van der Waals surface area contributed by atoms with Crippen LogP contribution in [-0.2, 0) is 0 Å². The average molecular weight is 245 g/mol. The standard InChI is InChI=1S/C10H13ClN2O3/c11-9-2-1-8(16-9)10(15)13-4-6-3-12-5-7(6)14/h1-2,6-7,12,14H,3-5H2,(H,13,15). The molecular formula is C10H13ClN2O3. The number of aliphatic hydroxyl groups excluding tert-OH is 1. The Balaban J connectivity index is 1.84. The summed E-state index contributed by atoms with van der Waals surface area (Å²) in [6.07, 6.45) is -0.402. The molecule has 2 rings (SSSR count). The lowest BCUT2D eigenvalue weighted by Crippen LogP contribution is -2.34. The maximum atomic E-state index is 11.6. The van der Waals surface area contributed by atoms with E-state index in [0.717, 1.165) is 0 Å². The fourth-order valence-electron chi connectivity index (χ4n) is 1.67. The highest BCUT2D eigenvalue weighted by Gasteiger charge is 2.25. The molecule has 3 N–H and O–H groups in total. The highest BCUT2D eigenvalue weighted by Crippen LogP contribution is 2.13. The number of carbonyl (C=O) groups excluding carboxylic acids is 1. The van der Waals surface area contributed by atoms with Gasteiger partial charge in [-0.1, -0.05) is 0 Å². The van der Waals surface area contributed by atoms with Crippen molar-refractivity contribution in [1.82, 2.24) is 10.6 Å². The van der Waals surface area contributed by atoms with E-state index in [-0.39, 0.29) is 22.8 Å². The Labute approximate surface area is 97.8 Å². The molecule has 0 saturated carbocycles. The van der Waals surface area contributed by atoms with Crippen LogP contribution >= 0.6 is 11.6 Å². The van der Waals surface area contributed by atoms with Crippen LogP contribution in [0.2, 0.25) is 5.22 Å². The molecule has 1 aromatic heterocycles. The van der Waals surface area contributed by atoms with E-state index in [4.69, 9.17) is 16.0 Å². The van der Waals surface area contributed by atoms with E-state index in [1.165, 1.54) is 12.1 Å². The van der Waals surface area contributed by atoms with E-state index < -0.39 is 6.10 Å². The lowest BCUT2D eigenvalue weighted by molar-refractivity contribution is 0.0900. The van der Waals surface area contributed by atoms with Gasteiger partial charge in [0.2, 0.25) is 0 Å². The summed E-state index contributed by atoms with van der Waals surface area (Å²) < 4.78 is 4.96. The van der Waals surface area contributed by atoms with Crippen molar-refractivity contribution in [2.45, 2.75) is 6.10 Å². The zero-order valence-corrected chi connectivity index (χ0v) is 9.33. The van der Waals surface area contributed by atoms with Crippen LogP contribution < -0.4 is 10.6 Å². The Kier molecular flexibility index (Phi) is 3.48. The summed E-state index contributed by atoms with van der Waals surface area (Å²) >= 11 is 5.56. The number of halogens is 1. The SMILES string of the molecule is O=C(NCC1CNCC1O)c1ccc(Cl)o1. The van der Waals surface area contributed by atoms with Gasteiger partial charge in [-0.15, -0.1) is 0 Å². The molecule has 1 aliphatic rings. The molecule has 0 radical (unpaired) electrons. The molecule has 88 valence electrons. The molecule has 1 aromatic rings. The first kappa shape index (κ1) is 11.4. The van der Waals surface area contributed by atoms with Gasteiger partial charge in [0.25, 0.3) is 5.91 Å². The number of β-amino-alcohol motifs (C(OH)–C–C–N with tert-alkyl or cyclic N) is 1. The number of furan rings is 1. The summed E-state index contributed by atoms with van der Waals surface area (Å²) in [5, 5.41) is 15.4. The second kappa shape index (κ2) is 4.86. The second-order valence-corrected chi connectivity index (χ2v) is 4.17. The normalized spacial score (nSPS) is 24.6. The number of aliphatic hydroxyl groups is 1. The monoisotopic (exact) mass is 244 g/mol. The Bertz CT molecular complexity index is 380. The molecule has 0 bridgehead atoms. The zero-order chi connectivity index (χ0) is 11.5. The van der Waals surface area contributed by atoms with Crippen LogP contribution in [0, 0.1) is 5.92 Å². The largest absolute Gasteiger partial charge is 0.440 e. The molecule has 16 heavy (non-hydrogen) atoms. The molecule has 0 aliphatic carbocycles. The lowest BCUT2D eigenvalue weighted by atomic mass is 10.1. The van der Waals surface area contributed by atoms with Gasteiger partial charge in [-0.3, -0.25) is 4.79 Å². The van der Waals surface area contributed by atoms with Gasteiger partial charge in [-0.2, -0.15) is 0 Å². The van der Waals surface area contributed by atoms with Gasteiger partial charge in [-0.25, -0.2) is 0 Å². The number of amides is 1. The summed E-state index contributed by atoms with van der Waals surface area (Å²) in [6.45, 7) is 1.71. The quantitative estimate of drug-likeness (QED) is 0.712. The van der Waals surface area contributed by atoms with E-state index in [1.807, 2.05) is 0 Å². The first-order valence-electron chi connectivity index (χ1n) is 5.09. The van der Waals surface area contributed by atoms with Crippen molar-refractivity contribution in [3.05, 3.63) is 23.1 Å². The van der Waals surface area contributed by atoms with Crippen LogP contribution in [0.1, 0.15) is 10.6 Å². The van der Waals surface area contributed by atoms with Crippen LogP contribution in [0.25, 0.3) is 0 Å². The van der Waals surface area contributed by atoms with Crippen molar-refractivity contribution in [3.8, 4) is 0 Å². The Morgan fingerprint density at radius 2 is 2.44 bits per heavy atom. The van der Waals surface area contributed by atoms with Gasteiger partial charge < -0.3 is 20.2 Å². The summed E-state index contributed by atoms with van der Waals surface area (Å²) in [5.41, 5.74) is 0. The molecular weight excluding hydrogens is 232 g/mol. The van der Waals surface area contributed by atoms with E-state index >= 15 is 0 Å². The first-order valence-corrected chi connectivity index (χ1v) is 5.47. The maximum Gasteiger partial charge on any atom is 0.287 e. The minimum Gasteiger partial charge on any atom is -0.440 e. The summed E-state index contributed by atoms with van der Waals surface area (Å²) in [5.74, 6) is -0.0779. The number of rotatable bonds is 3. The smallest absolute Gasteiger partial charge is 0.287 e. The van der Waals surface area contributed by atoms with Crippen LogP contribution in [-0.4, -0.2) is 36.8 Å². The predicted molar refractivity (Wildman–Crippen MR) is 58.4 cm³/mol. The Morgan fingerprint density at radius 3 is 3.00 bits per heavy atom. The number of hydrogen-bond donors (Lipinski definition) is 3. The second-order valence-electron chi connectivity index (χ2n) is 3.80. The summed E-state index contributed by atoms with van der Waals surface area (Å²) in [6, 6.07) is 3.03. The Hall–Kier alpha value is -1.04. The fraction of sp³-hybridized carbons (Fsp3) is 0.500. The molecule has 2 atom stereocenters. The third-order valence-corrected chi connectivity index (χ3v) is 2.83. The van der Waals surface area contributed by atoms with Crippen LogP contribution in [0.4, 0.5) is 0 Å². The van der Waals surface area contributed by atoms with Crippen molar-refractivity contribution in [2.24, 2.45) is 5.92 Å². The van der Waals surface area contributed by atoms with Crippen molar-refractivity contribution in [3.63, 3.8) is 0 Å². The van der Waals surface area contributed by atoms with E-state index in [2.05, 4.69) is 10.6 Å². The molecule has 2 heterocycles. The van der Waals surface area contributed by atoms with Crippen LogP contribution in [0.3, 0.4) is 0 Å². The zero-order valence-electron chi connectivity index (χ0n) is 8.57. The summed E-state index contributed by atoms with van der Waals surface area (Å²) in [7, 11) is 0. The molecule has 1 saturated heterocycles. The topological polar surface area (TPSA) is 74.5 Å². The summed E-state index contributed by atoms with van der Waals surface area (Å²) in [4.78, 5) is 11.6. The van der Waals surface area contributed by atoms with E-state index in [1.54, 1.807) is 0 Å². The van der Waals surface area contributed by atoms with E-state index in [9.17, 15) is 9.90 Å². The van der Waals surface area contributed by atoms with Crippen molar-refractivity contribution < 1.29 is 14.3 Å². The lowest BCUT2D eigenvalue weighted by Gasteiger charge is -2.13. The van der Waals surface area contributed by atoms with Gasteiger partial charge in [0.15, 0.2) is 11.0 Å². The van der Waals surface area contributed by atoms with Gasteiger partial charge in [-0.05, 0) is 23.7 Å². The number of nitrogens with one attached hydrogen (secondary N) is 2. The third kappa shape index (κ3) is 2.55. The van der Waals surface area contributed by atoms with Gasteiger partial charge >= 0.3 is 0 Å². The molecule has 2 unspecified atom stereocenters. The minimum absolute atomic E-state index is 0.0504. The van der Waals surface area contributed by atoms with Crippen molar-refractivity contribution in [1.29, 1.82) is 0 Å². The first-order chi connectivity index (χ1) is 7.66. The molecule has 0 aromatic carbocycles. The van der Waals surface area contributed by atoms with Crippen molar-refractivity contribution >= 4 is 17.5 Å². The molecule has 1 fully saturated rings. The highest BCUT2D eigenvalue weighted by atomic mass is 35.5. The molecule has 1 amide bonds. The fourth-order valence-corrected chi connectivity index (χ4v) is 1.82. The van der Waals surface area contributed by atoms with Crippen LogP contribution in [0.15, 0.2) is 16.5 Å². The minimum atomic E-state index is -0.402. The number of carbonyl (C=O) groups is 1. The van der Waals surface area contributed by atoms with E-state index in [0.29, 0.717) is 19.6 Å².